The molecule has 23 heavy (non-hydrogen) atoms. The highest BCUT2D eigenvalue weighted by molar-refractivity contribution is 7.10. The predicted octanol–water partition coefficient (Wildman–Crippen LogP) is 0.880. The Hall–Kier alpha value is -2.04. The minimum Gasteiger partial charge on any atom is -0.481 e. The molecule has 1 aliphatic heterocycles. The first kappa shape index (κ1) is 17.3. The van der Waals surface area contributed by atoms with Gasteiger partial charge in [0.1, 0.15) is 0 Å². The van der Waals surface area contributed by atoms with Crippen LogP contribution in [-0.2, 0) is 14.2 Å². The number of aliphatic carboxylic acids is 1. The van der Waals surface area contributed by atoms with Crippen molar-refractivity contribution in [3.63, 3.8) is 0 Å². The molecule has 3 atom stereocenters. The average Bonchev–Trinajstić information content (AvgIpc) is 2.94. The Labute approximate surface area is 136 Å². The summed E-state index contributed by atoms with van der Waals surface area (Å²) in [7, 11) is -1.38. The van der Waals surface area contributed by atoms with E-state index >= 15 is 0 Å². The summed E-state index contributed by atoms with van der Waals surface area (Å²) in [6.07, 6.45) is 2.34. The summed E-state index contributed by atoms with van der Waals surface area (Å²) in [6.45, 7) is 0. The molecule has 1 aromatic heterocycles. The van der Waals surface area contributed by atoms with Gasteiger partial charge in [0, 0.05) is 4.88 Å². The monoisotopic (exact) mass is 338 g/mol. The fourth-order valence-electron chi connectivity index (χ4n) is 2.17. The SMILES string of the molecule is O=NC(C(=O)NC1CC=CC(CC(=O)O)OB1O)c1cccs1. The van der Waals surface area contributed by atoms with Gasteiger partial charge in [-0.2, -0.15) is 0 Å². The van der Waals surface area contributed by atoms with Crippen LogP contribution in [0.25, 0.3) is 0 Å². The van der Waals surface area contributed by atoms with E-state index in [0.29, 0.717) is 4.88 Å². The van der Waals surface area contributed by atoms with Crippen LogP contribution in [0.5, 0.6) is 0 Å². The molecule has 0 saturated heterocycles. The quantitative estimate of drug-likeness (QED) is 0.402. The molecule has 0 bridgehead atoms. The second-order valence-electron chi connectivity index (χ2n) is 4.97. The molecule has 0 aliphatic carbocycles. The van der Waals surface area contributed by atoms with Crippen LogP contribution in [-0.4, -0.2) is 41.2 Å². The number of rotatable bonds is 6. The fourth-order valence-corrected chi connectivity index (χ4v) is 2.92. The second-order valence-corrected chi connectivity index (χ2v) is 5.94. The molecule has 10 heteroatoms. The maximum Gasteiger partial charge on any atom is 0.478 e. The minimum atomic E-state index is -1.38. The highest BCUT2D eigenvalue weighted by atomic mass is 32.1. The number of nitrogens with one attached hydrogen (secondary N) is 1. The number of carbonyl (C=O) groups is 2. The van der Waals surface area contributed by atoms with Gasteiger partial charge in [0.15, 0.2) is 0 Å². The highest BCUT2D eigenvalue weighted by Gasteiger charge is 2.34. The Kier molecular flexibility index (Phi) is 6.02. The van der Waals surface area contributed by atoms with Crippen LogP contribution in [0.3, 0.4) is 0 Å². The first-order valence-electron chi connectivity index (χ1n) is 6.89. The molecule has 3 N–H and O–H groups in total. The molecule has 0 radical (unpaired) electrons. The summed E-state index contributed by atoms with van der Waals surface area (Å²) >= 11 is 1.23. The highest BCUT2D eigenvalue weighted by Crippen LogP contribution is 2.23. The lowest BCUT2D eigenvalue weighted by molar-refractivity contribution is -0.138. The van der Waals surface area contributed by atoms with Crippen molar-refractivity contribution >= 4 is 30.3 Å². The van der Waals surface area contributed by atoms with Gasteiger partial charge in [-0.25, -0.2) is 0 Å². The summed E-state index contributed by atoms with van der Waals surface area (Å²) in [4.78, 5) is 34.3. The largest absolute Gasteiger partial charge is 0.481 e. The van der Waals surface area contributed by atoms with Gasteiger partial charge in [0.25, 0.3) is 5.91 Å². The minimum absolute atomic E-state index is 0.249. The van der Waals surface area contributed by atoms with E-state index in [1.165, 1.54) is 17.4 Å². The lowest BCUT2D eigenvalue weighted by Crippen LogP contribution is -2.49. The molecule has 2 heterocycles. The Balaban J connectivity index is 1.99. The van der Waals surface area contributed by atoms with Crippen molar-refractivity contribution in [1.82, 2.24) is 5.32 Å². The van der Waals surface area contributed by atoms with Gasteiger partial charge in [0.05, 0.1) is 18.5 Å². The number of amides is 1. The third-order valence-corrected chi connectivity index (χ3v) is 4.19. The van der Waals surface area contributed by atoms with Crippen molar-refractivity contribution in [3.05, 3.63) is 39.4 Å². The van der Waals surface area contributed by atoms with Gasteiger partial charge in [-0.3, -0.25) is 9.59 Å². The summed E-state index contributed by atoms with van der Waals surface area (Å²) in [5.74, 6) is -2.49. The van der Waals surface area contributed by atoms with Crippen molar-refractivity contribution in [1.29, 1.82) is 0 Å². The van der Waals surface area contributed by atoms with Crippen LogP contribution in [0.2, 0.25) is 0 Å². The molecule has 0 fully saturated rings. The number of hydrogen-bond acceptors (Lipinski definition) is 7. The average molecular weight is 338 g/mol. The van der Waals surface area contributed by atoms with E-state index in [1.807, 2.05) is 0 Å². The van der Waals surface area contributed by atoms with E-state index in [9.17, 15) is 19.5 Å². The molecule has 2 rings (SSSR count). The van der Waals surface area contributed by atoms with E-state index in [1.54, 1.807) is 23.6 Å². The third-order valence-electron chi connectivity index (χ3n) is 3.27. The molecule has 0 spiro atoms. The van der Waals surface area contributed by atoms with Crippen LogP contribution in [0.4, 0.5) is 0 Å². The van der Waals surface area contributed by atoms with Crippen LogP contribution in [0.15, 0.2) is 34.8 Å². The number of thiophene rings is 1. The molecule has 3 unspecified atom stereocenters. The van der Waals surface area contributed by atoms with Crippen LogP contribution < -0.4 is 5.32 Å². The Morgan fingerprint density at radius 1 is 1.57 bits per heavy atom. The van der Waals surface area contributed by atoms with Crippen molar-refractivity contribution in [3.8, 4) is 0 Å². The van der Waals surface area contributed by atoms with Crippen molar-refractivity contribution in [2.45, 2.75) is 30.9 Å². The topological polar surface area (TPSA) is 125 Å². The molecule has 122 valence electrons. The van der Waals surface area contributed by atoms with E-state index in [4.69, 9.17) is 9.76 Å². The lowest BCUT2D eigenvalue weighted by Gasteiger charge is -2.21. The zero-order valence-electron chi connectivity index (χ0n) is 12.0. The van der Waals surface area contributed by atoms with E-state index in [2.05, 4.69) is 10.5 Å². The van der Waals surface area contributed by atoms with Gasteiger partial charge in [-0.1, -0.05) is 23.4 Å². The smallest absolute Gasteiger partial charge is 0.478 e. The summed E-state index contributed by atoms with van der Waals surface area (Å²) in [6, 6.07) is 2.14. The molecule has 8 nitrogen and oxygen atoms in total. The molecule has 1 aliphatic rings. The molecule has 0 aromatic carbocycles. The van der Waals surface area contributed by atoms with Crippen LogP contribution >= 0.6 is 11.3 Å². The number of carboxylic acid groups (broad SMARTS) is 1. The maximum absolute atomic E-state index is 12.2. The second kappa shape index (κ2) is 8.00. The van der Waals surface area contributed by atoms with Crippen molar-refractivity contribution in [2.24, 2.45) is 5.18 Å². The molecular weight excluding hydrogens is 323 g/mol. The predicted molar refractivity (Wildman–Crippen MR) is 83.6 cm³/mol. The zero-order valence-corrected chi connectivity index (χ0v) is 12.8. The molecule has 1 aromatic rings. The number of carboxylic acids is 1. The first-order valence-corrected chi connectivity index (χ1v) is 7.77. The fraction of sp³-hybridized carbons (Fsp3) is 0.385. The number of carbonyl (C=O) groups excluding carboxylic acids is 1. The zero-order chi connectivity index (χ0) is 16.8. The van der Waals surface area contributed by atoms with E-state index < -0.39 is 37.1 Å². The standard InChI is InChI=1S/C13H15BN2O6S/c17-11(18)7-8-3-1-5-10(14(20)22-8)15-13(19)12(16-21)9-4-2-6-23-9/h1-4,6,8,10,12,20H,5,7H2,(H,15,19)(H,17,18). The maximum atomic E-state index is 12.2. The summed E-state index contributed by atoms with van der Waals surface area (Å²) < 4.78 is 5.21. The van der Waals surface area contributed by atoms with Gasteiger partial charge >= 0.3 is 13.1 Å². The number of nitroso groups, excluding NO2 is 1. The molecule has 0 saturated carbocycles. The van der Waals surface area contributed by atoms with Crippen LogP contribution in [0.1, 0.15) is 23.8 Å². The first-order chi connectivity index (χ1) is 11.0. The number of hydrogen-bond donors (Lipinski definition) is 3. The van der Waals surface area contributed by atoms with Crippen molar-refractivity contribution in [2.75, 3.05) is 0 Å². The Morgan fingerprint density at radius 2 is 2.35 bits per heavy atom. The summed E-state index contributed by atoms with van der Waals surface area (Å²) in [5, 5.41) is 25.8. The number of nitrogens with zero attached hydrogens (tertiary/aromatic N) is 1. The van der Waals surface area contributed by atoms with Gasteiger partial charge in [0.2, 0.25) is 6.04 Å². The van der Waals surface area contributed by atoms with Crippen LogP contribution in [0, 0.1) is 4.91 Å². The van der Waals surface area contributed by atoms with Crippen molar-refractivity contribution < 1.29 is 24.4 Å². The summed E-state index contributed by atoms with van der Waals surface area (Å²) in [5.41, 5.74) is 0. The van der Waals surface area contributed by atoms with Gasteiger partial charge in [-0.15, -0.1) is 16.2 Å². The Morgan fingerprint density at radius 3 is 2.96 bits per heavy atom. The Bertz CT molecular complexity index is 593. The van der Waals surface area contributed by atoms with E-state index in [-0.39, 0.29) is 12.8 Å². The van der Waals surface area contributed by atoms with Gasteiger partial charge in [-0.05, 0) is 17.9 Å². The normalized spacial score (nSPS) is 22.2. The lowest BCUT2D eigenvalue weighted by atomic mass is 9.77. The van der Waals surface area contributed by atoms with E-state index in [0.717, 1.165) is 0 Å². The molecular formula is C13H15BN2O6S. The molecule has 1 amide bonds. The third kappa shape index (κ3) is 4.72. The van der Waals surface area contributed by atoms with Gasteiger partial charge < -0.3 is 20.1 Å².